The van der Waals surface area contributed by atoms with Crippen LogP contribution in [-0.4, -0.2) is 53.5 Å². The van der Waals surface area contributed by atoms with Crippen molar-refractivity contribution in [3.05, 3.63) is 0 Å². The summed E-state index contributed by atoms with van der Waals surface area (Å²) in [6, 6.07) is 0. The van der Waals surface area contributed by atoms with E-state index in [1.54, 1.807) is 0 Å². The Balaban J connectivity index is 1.28. The van der Waals surface area contributed by atoms with Crippen molar-refractivity contribution in [1.29, 1.82) is 0 Å². The highest BCUT2D eigenvalue weighted by atomic mass is 17.3. The van der Waals surface area contributed by atoms with Crippen LogP contribution in [0.4, 0.5) is 0 Å². The Hall–Kier alpha value is -1.75. The molecule has 5 aliphatic rings. The van der Waals surface area contributed by atoms with Gasteiger partial charge in [-0.1, -0.05) is 20.3 Å². The lowest BCUT2D eigenvalue weighted by molar-refractivity contribution is -0.576. The van der Waals surface area contributed by atoms with Crippen LogP contribution in [0.2, 0.25) is 0 Å². The van der Waals surface area contributed by atoms with Gasteiger partial charge in [0.25, 0.3) is 0 Å². The lowest BCUT2D eigenvalue weighted by Gasteiger charge is -2.59. The van der Waals surface area contributed by atoms with E-state index in [1.165, 1.54) is 0 Å². The maximum atomic E-state index is 12.6. The number of amides is 1. The van der Waals surface area contributed by atoms with E-state index in [0.717, 1.165) is 25.7 Å². The SMILES string of the molecule is C[C@H]1[C@H](OC(=O)CCC(=O)NCCCCCC(=O)O)O[C@@H]2O[C@@]3(C)CC[C@H]4[C@H](C)CC[C@@H]1[C@@]24OO3. The number of carbonyl (C=O) groups excluding carboxylic acids is 2. The number of esters is 1. The first kappa shape index (κ1) is 26.3. The third-order valence-electron chi connectivity index (χ3n) is 8.29. The summed E-state index contributed by atoms with van der Waals surface area (Å²) in [6.07, 6.45) is 4.28. The standard InChI is InChI=1S/C25H39NO9/c1-15-8-9-18-16(2)22(32-23-25(18)17(15)12-13-24(3,33-23)34-35-25)31-21(30)11-10-19(27)26-14-6-4-5-7-20(28)29/h15-18,22-23H,4-14H2,1-3H3,(H,26,27)(H,28,29)/t15-,16-,17+,18+,22-,23-,24-,25-/m1/s1. The molecule has 4 heterocycles. The van der Waals surface area contributed by atoms with Crippen LogP contribution in [0, 0.1) is 23.7 Å². The third-order valence-corrected chi connectivity index (χ3v) is 8.29. The maximum absolute atomic E-state index is 12.6. The molecule has 4 saturated heterocycles. The molecule has 8 atom stereocenters. The largest absolute Gasteiger partial charge is 0.481 e. The summed E-state index contributed by atoms with van der Waals surface area (Å²) in [4.78, 5) is 47.0. The van der Waals surface area contributed by atoms with Gasteiger partial charge >= 0.3 is 11.9 Å². The van der Waals surface area contributed by atoms with Gasteiger partial charge < -0.3 is 24.6 Å². The number of carboxylic acids is 1. The molecule has 0 aromatic heterocycles. The van der Waals surface area contributed by atoms with Crippen molar-refractivity contribution in [3.8, 4) is 0 Å². The Morgan fingerprint density at radius 2 is 1.80 bits per heavy atom. The van der Waals surface area contributed by atoms with Gasteiger partial charge in [-0.25, -0.2) is 9.78 Å². The molecule has 35 heavy (non-hydrogen) atoms. The van der Waals surface area contributed by atoms with Gasteiger partial charge in [-0.2, -0.15) is 0 Å². The molecular weight excluding hydrogens is 458 g/mol. The Morgan fingerprint density at radius 3 is 2.57 bits per heavy atom. The molecule has 1 aliphatic carbocycles. The molecule has 1 spiro atoms. The van der Waals surface area contributed by atoms with Crippen LogP contribution in [0.3, 0.4) is 0 Å². The fraction of sp³-hybridized carbons (Fsp3) is 0.880. The third kappa shape index (κ3) is 5.50. The van der Waals surface area contributed by atoms with E-state index in [2.05, 4.69) is 12.2 Å². The molecule has 5 fully saturated rings. The topological polar surface area (TPSA) is 130 Å². The number of carbonyl (C=O) groups is 3. The van der Waals surface area contributed by atoms with E-state index in [1.807, 2.05) is 13.8 Å². The lowest BCUT2D eigenvalue weighted by Crippen LogP contribution is -2.70. The molecule has 1 amide bonds. The van der Waals surface area contributed by atoms with Crippen molar-refractivity contribution in [2.45, 2.75) is 109 Å². The highest BCUT2D eigenvalue weighted by Gasteiger charge is 2.69. The molecule has 10 nitrogen and oxygen atoms in total. The zero-order chi connectivity index (χ0) is 25.2. The Bertz CT molecular complexity index is 806. The predicted molar refractivity (Wildman–Crippen MR) is 121 cm³/mol. The van der Waals surface area contributed by atoms with Crippen LogP contribution in [0.1, 0.15) is 85.0 Å². The number of rotatable bonds is 10. The first-order valence-electron chi connectivity index (χ1n) is 13.0. The monoisotopic (exact) mass is 497 g/mol. The summed E-state index contributed by atoms with van der Waals surface area (Å²) in [5.41, 5.74) is -0.708. The molecule has 198 valence electrons. The lowest BCUT2D eigenvalue weighted by atomic mass is 9.58. The molecule has 5 rings (SSSR count). The average molecular weight is 498 g/mol. The van der Waals surface area contributed by atoms with E-state index in [9.17, 15) is 14.4 Å². The molecule has 2 N–H and O–H groups in total. The van der Waals surface area contributed by atoms with Gasteiger partial charge in [-0.15, -0.1) is 0 Å². The number of hydrogen-bond acceptors (Lipinski definition) is 8. The minimum atomic E-state index is -0.890. The minimum Gasteiger partial charge on any atom is -0.481 e. The normalized spacial score (nSPS) is 39.9. The van der Waals surface area contributed by atoms with Gasteiger partial charge in [-0.05, 0) is 50.9 Å². The van der Waals surface area contributed by atoms with Crippen molar-refractivity contribution in [2.24, 2.45) is 23.7 Å². The highest BCUT2D eigenvalue weighted by molar-refractivity contribution is 5.81. The van der Waals surface area contributed by atoms with Crippen LogP contribution in [-0.2, 0) is 38.4 Å². The summed E-state index contributed by atoms with van der Waals surface area (Å²) < 4.78 is 18.2. The van der Waals surface area contributed by atoms with Crippen molar-refractivity contribution < 1.29 is 43.5 Å². The molecule has 0 aromatic carbocycles. The second-order valence-corrected chi connectivity index (χ2v) is 10.8. The number of aliphatic carboxylic acids is 1. The summed E-state index contributed by atoms with van der Waals surface area (Å²) in [6.45, 7) is 6.57. The molecular formula is C25H39NO9. The second-order valence-electron chi connectivity index (χ2n) is 10.8. The van der Waals surface area contributed by atoms with E-state index >= 15 is 0 Å². The number of hydrogen-bond donors (Lipinski definition) is 2. The molecule has 0 aromatic rings. The number of ether oxygens (including phenoxy) is 3. The van der Waals surface area contributed by atoms with Gasteiger partial charge in [0.1, 0.15) is 0 Å². The summed E-state index contributed by atoms with van der Waals surface area (Å²) >= 11 is 0. The fourth-order valence-corrected chi connectivity index (χ4v) is 6.30. The number of unbranched alkanes of at least 4 members (excludes halogenated alkanes) is 2. The molecule has 10 heteroatoms. The summed E-state index contributed by atoms with van der Waals surface area (Å²) in [5.74, 6) is -1.79. The van der Waals surface area contributed by atoms with Gasteiger partial charge in [-0.3, -0.25) is 14.4 Å². The zero-order valence-corrected chi connectivity index (χ0v) is 21.0. The van der Waals surface area contributed by atoms with Crippen molar-refractivity contribution in [2.75, 3.05) is 6.54 Å². The number of fused-ring (bicyclic) bond motifs is 2. The molecule has 0 radical (unpaired) electrons. The quantitative estimate of drug-likeness (QED) is 0.265. The van der Waals surface area contributed by atoms with Crippen molar-refractivity contribution in [3.63, 3.8) is 0 Å². The smallest absolute Gasteiger partial charge is 0.308 e. The molecule has 4 aliphatic heterocycles. The number of nitrogens with one attached hydrogen (secondary N) is 1. The van der Waals surface area contributed by atoms with Gasteiger partial charge in [0.15, 0.2) is 11.9 Å². The van der Waals surface area contributed by atoms with Crippen LogP contribution < -0.4 is 5.32 Å². The van der Waals surface area contributed by atoms with Crippen molar-refractivity contribution >= 4 is 17.8 Å². The first-order valence-corrected chi connectivity index (χ1v) is 13.0. The van der Waals surface area contributed by atoms with Crippen LogP contribution in [0.15, 0.2) is 0 Å². The van der Waals surface area contributed by atoms with Crippen LogP contribution in [0.5, 0.6) is 0 Å². The zero-order valence-electron chi connectivity index (χ0n) is 21.0. The molecule has 1 saturated carbocycles. The minimum absolute atomic E-state index is 0.0248. The maximum Gasteiger partial charge on any atom is 0.308 e. The van der Waals surface area contributed by atoms with Gasteiger partial charge in [0.2, 0.25) is 18.0 Å². The predicted octanol–water partition coefficient (Wildman–Crippen LogP) is 3.28. The summed E-state index contributed by atoms with van der Waals surface area (Å²) in [5, 5.41) is 11.4. The van der Waals surface area contributed by atoms with Crippen LogP contribution >= 0.6 is 0 Å². The van der Waals surface area contributed by atoms with Crippen LogP contribution in [0.25, 0.3) is 0 Å². The highest BCUT2D eigenvalue weighted by Crippen LogP contribution is 2.60. The Morgan fingerprint density at radius 1 is 1.00 bits per heavy atom. The van der Waals surface area contributed by atoms with Gasteiger partial charge in [0.05, 0.1) is 6.42 Å². The fourth-order valence-electron chi connectivity index (χ4n) is 6.30. The van der Waals surface area contributed by atoms with E-state index in [0.29, 0.717) is 31.7 Å². The molecule has 0 unspecified atom stereocenters. The van der Waals surface area contributed by atoms with Gasteiger partial charge in [0, 0.05) is 37.6 Å². The number of carboxylic acid groups (broad SMARTS) is 1. The van der Waals surface area contributed by atoms with Crippen molar-refractivity contribution in [1.82, 2.24) is 5.32 Å². The second kappa shape index (κ2) is 10.7. The summed E-state index contributed by atoms with van der Waals surface area (Å²) in [7, 11) is 0. The Kier molecular flexibility index (Phi) is 8.05. The van der Waals surface area contributed by atoms with E-state index in [-0.39, 0.29) is 42.9 Å². The molecule has 2 bridgehead atoms. The average Bonchev–Trinajstić information content (AvgIpc) is 3.04. The van der Waals surface area contributed by atoms with E-state index in [4.69, 9.17) is 29.1 Å². The Labute approximate surface area is 206 Å². The first-order chi connectivity index (χ1) is 16.6. The van der Waals surface area contributed by atoms with E-state index < -0.39 is 35.9 Å².